The van der Waals surface area contributed by atoms with E-state index in [1.165, 1.54) is 12.1 Å². The lowest BCUT2D eigenvalue weighted by Gasteiger charge is -2.28. The van der Waals surface area contributed by atoms with E-state index in [-0.39, 0.29) is 29.0 Å². The highest BCUT2D eigenvalue weighted by Gasteiger charge is 2.22. The zero-order valence-corrected chi connectivity index (χ0v) is 9.57. The molecule has 0 saturated carbocycles. The molecule has 7 heteroatoms. The number of aromatic nitrogens is 1. The number of hydrogen-bond acceptors (Lipinski definition) is 4. The van der Waals surface area contributed by atoms with Crippen LogP contribution in [0.2, 0.25) is 5.15 Å². The number of carboxylic acid groups (broad SMARTS) is 1. The number of hydrogen-bond donors (Lipinski definition) is 2. The summed E-state index contributed by atoms with van der Waals surface area (Å²) in [7, 11) is 0. The Bertz CT molecular complexity index is 478. The van der Waals surface area contributed by atoms with Gasteiger partial charge in [0.25, 0.3) is 0 Å². The van der Waals surface area contributed by atoms with Gasteiger partial charge in [-0.3, -0.25) is 4.79 Å². The van der Waals surface area contributed by atoms with Crippen LogP contribution in [0, 0.1) is 0 Å². The van der Waals surface area contributed by atoms with Crippen molar-refractivity contribution in [1.29, 1.82) is 0 Å². The molecule has 1 aliphatic rings. The summed E-state index contributed by atoms with van der Waals surface area (Å²) < 4.78 is 0. The number of carbonyl (C=O) groups is 2. The van der Waals surface area contributed by atoms with Crippen LogP contribution in [0.25, 0.3) is 0 Å². The zero-order chi connectivity index (χ0) is 12.4. The largest absolute Gasteiger partial charge is 0.478 e. The maximum absolute atomic E-state index is 11.3. The Hall–Kier alpha value is -1.82. The first-order valence-electron chi connectivity index (χ1n) is 4.99. The van der Waals surface area contributed by atoms with E-state index in [1.54, 1.807) is 4.90 Å². The van der Waals surface area contributed by atoms with Gasteiger partial charge in [0, 0.05) is 13.1 Å². The molecule has 0 unspecified atom stereocenters. The number of pyridine rings is 1. The fourth-order valence-corrected chi connectivity index (χ4v) is 1.80. The van der Waals surface area contributed by atoms with E-state index < -0.39 is 5.97 Å². The maximum Gasteiger partial charge on any atom is 0.339 e. The summed E-state index contributed by atoms with van der Waals surface area (Å²) in [5.41, 5.74) is 0.0455. The quantitative estimate of drug-likeness (QED) is 0.746. The number of anilines is 1. The van der Waals surface area contributed by atoms with Gasteiger partial charge in [0.1, 0.15) is 16.5 Å². The van der Waals surface area contributed by atoms with Crippen molar-refractivity contribution in [3.05, 3.63) is 22.8 Å². The SMILES string of the molecule is O=C1CN(c2nc(Cl)ccc2C(=O)O)CCN1. The van der Waals surface area contributed by atoms with Crippen molar-refractivity contribution in [2.45, 2.75) is 0 Å². The average Bonchev–Trinajstić information content (AvgIpc) is 2.28. The first-order valence-corrected chi connectivity index (χ1v) is 5.37. The Balaban J connectivity index is 2.38. The highest BCUT2D eigenvalue weighted by Crippen LogP contribution is 2.21. The molecule has 0 aliphatic carbocycles. The fraction of sp³-hybridized carbons (Fsp3) is 0.300. The second-order valence-electron chi connectivity index (χ2n) is 3.58. The average molecular weight is 256 g/mol. The van der Waals surface area contributed by atoms with Gasteiger partial charge in [0.05, 0.1) is 6.54 Å². The van der Waals surface area contributed by atoms with Crippen molar-refractivity contribution in [2.75, 3.05) is 24.5 Å². The van der Waals surface area contributed by atoms with Crippen molar-refractivity contribution < 1.29 is 14.7 Å². The summed E-state index contributed by atoms with van der Waals surface area (Å²) in [5, 5.41) is 11.9. The summed E-state index contributed by atoms with van der Waals surface area (Å²) in [6.07, 6.45) is 0. The van der Waals surface area contributed by atoms with E-state index in [0.29, 0.717) is 13.1 Å². The Morgan fingerprint density at radius 3 is 2.94 bits per heavy atom. The molecule has 17 heavy (non-hydrogen) atoms. The molecular formula is C10H10ClN3O3. The molecule has 0 radical (unpaired) electrons. The van der Waals surface area contributed by atoms with Crippen LogP contribution in [0.5, 0.6) is 0 Å². The van der Waals surface area contributed by atoms with Gasteiger partial charge in [-0.25, -0.2) is 9.78 Å². The molecule has 0 spiro atoms. The first kappa shape index (κ1) is 11.7. The Morgan fingerprint density at radius 2 is 2.29 bits per heavy atom. The third-order valence-electron chi connectivity index (χ3n) is 2.41. The topological polar surface area (TPSA) is 82.5 Å². The number of amides is 1. The Morgan fingerprint density at radius 1 is 1.53 bits per heavy atom. The highest BCUT2D eigenvalue weighted by molar-refractivity contribution is 6.29. The van der Waals surface area contributed by atoms with Crippen LogP contribution in [-0.2, 0) is 4.79 Å². The van der Waals surface area contributed by atoms with Gasteiger partial charge in [-0.1, -0.05) is 11.6 Å². The van der Waals surface area contributed by atoms with E-state index in [4.69, 9.17) is 16.7 Å². The van der Waals surface area contributed by atoms with Crippen LogP contribution < -0.4 is 10.2 Å². The van der Waals surface area contributed by atoms with Gasteiger partial charge in [0.2, 0.25) is 5.91 Å². The van der Waals surface area contributed by atoms with Crippen molar-refractivity contribution >= 4 is 29.3 Å². The standard InChI is InChI=1S/C10H10ClN3O3/c11-7-2-1-6(10(16)17)9(13-7)14-4-3-12-8(15)5-14/h1-2H,3-5H2,(H,12,15)(H,16,17). The summed E-state index contributed by atoms with van der Waals surface area (Å²) >= 11 is 5.75. The third kappa shape index (κ3) is 2.47. The molecule has 0 atom stereocenters. The molecule has 1 aromatic rings. The Kier molecular flexibility index (Phi) is 3.14. The lowest BCUT2D eigenvalue weighted by Crippen LogP contribution is -2.48. The molecule has 1 amide bonds. The molecule has 2 N–H and O–H groups in total. The minimum Gasteiger partial charge on any atom is -0.478 e. The van der Waals surface area contributed by atoms with Gasteiger partial charge < -0.3 is 15.3 Å². The molecule has 1 saturated heterocycles. The van der Waals surface area contributed by atoms with Crippen molar-refractivity contribution in [1.82, 2.24) is 10.3 Å². The summed E-state index contributed by atoms with van der Waals surface area (Å²) in [5.74, 6) is -1.01. The monoisotopic (exact) mass is 255 g/mol. The predicted molar refractivity (Wildman–Crippen MR) is 61.4 cm³/mol. The highest BCUT2D eigenvalue weighted by atomic mass is 35.5. The van der Waals surface area contributed by atoms with Crippen LogP contribution in [-0.4, -0.2) is 41.6 Å². The van der Waals surface area contributed by atoms with E-state index in [2.05, 4.69) is 10.3 Å². The number of halogens is 1. The van der Waals surface area contributed by atoms with E-state index in [0.717, 1.165) is 0 Å². The van der Waals surface area contributed by atoms with Gasteiger partial charge >= 0.3 is 5.97 Å². The van der Waals surface area contributed by atoms with Crippen LogP contribution >= 0.6 is 11.6 Å². The molecule has 1 aromatic heterocycles. The summed E-state index contributed by atoms with van der Waals surface area (Å²) in [4.78, 5) is 27.9. The fourth-order valence-electron chi connectivity index (χ4n) is 1.65. The lowest BCUT2D eigenvalue weighted by atomic mass is 10.2. The molecule has 1 fully saturated rings. The summed E-state index contributed by atoms with van der Waals surface area (Å²) in [6, 6.07) is 2.80. The maximum atomic E-state index is 11.3. The third-order valence-corrected chi connectivity index (χ3v) is 2.62. The van der Waals surface area contributed by atoms with Gasteiger partial charge in [-0.15, -0.1) is 0 Å². The second kappa shape index (κ2) is 4.58. The van der Waals surface area contributed by atoms with Gasteiger partial charge in [-0.2, -0.15) is 0 Å². The number of nitrogens with zero attached hydrogens (tertiary/aromatic N) is 2. The number of aromatic carboxylic acids is 1. The number of piperazine rings is 1. The molecule has 0 aromatic carbocycles. The van der Waals surface area contributed by atoms with E-state index >= 15 is 0 Å². The molecule has 2 rings (SSSR count). The molecule has 90 valence electrons. The zero-order valence-electron chi connectivity index (χ0n) is 8.81. The van der Waals surface area contributed by atoms with Crippen LogP contribution in [0.4, 0.5) is 5.82 Å². The molecular weight excluding hydrogens is 246 g/mol. The van der Waals surface area contributed by atoms with Crippen LogP contribution in [0.3, 0.4) is 0 Å². The predicted octanol–water partition coefficient (Wildman–Crippen LogP) is 0.369. The van der Waals surface area contributed by atoms with Crippen LogP contribution in [0.1, 0.15) is 10.4 Å². The molecule has 6 nitrogen and oxygen atoms in total. The van der Waals surface area contributed by atoms with E-state index in [1.807, 2.05) is 0 Å². The minimum atomic E-state index is -1.09. The Labute approximate surface area is 102 Å². The molecule has 2 heterocycles. The second-order valence-corrected chi connectivity index (χ2v) is 3.97. The summed E-state index contributed by atoms with van der Waals surface area (Å²) in [6.45, 7) is 1.07. The van der Waals surface area contributed by atoms with Crippen molar-refractivity contribution in [2.24, 2.45) is 0 Å². The first-order chi connectivity index (χ1) is 8.08. The van der Waals surface area contributed by atoms with E-state index in [9.17, 15) is 9.59 Å². The normalized spacial score (nSPS) is 15.6. The number of carbonyl (C=O) groups excluding carboxylic acids is 1. The van der Waals surface area contributed by atoms with Crippen molar-refractivity contribution in [3.8, 4) is 0 Å². The number of carboxylic acids is 1. The minimum absolute atomic E-state index is 0.0455. The number of nitrogens with one attached hydrogen (secondary N) is 1. The lowest BCUT2D eigenvalue weighted by molar-refractivity contribution is -0.120. The molecule has 1 aliphatic heterocycles. The smallest absolute Gasteiger partial charge is 0.339 e. The molecule has 0 bridgehead atoms. The van der Waals surface area contributed by atoms with Crippen LogP contribution in [0.15, 0.2) is 12.1 Å². The van der Waals surface area contributed by atoms with Crippen molar-refractivity contribution in [3.63, 3.8) is 0 Å². The van der Waals surface area contributed by atoms with Gasteiger partial charge in [0.15, 0.2) is 0 Å². The van der Waals surface area contributed by atoms with Gasteiger partial charge in [-0.05, 0) is 12.1 Å². The number of rotatable bonds is 2.